The van der Waals surface area contributed by atoms with Crippen LogP contribution in [0.5, 0.6) is 0 Å². The van der Waals surface area contributed by atoms with Crippen molar-refractivity contribution in [1.29, 1.82) is 0 Å². The van der Waals surface area contributed by atoms with Gasteiger partial charge in [-0.05, 0) is 18.1 Å². The highest BCUT2D eigenvalue weighted by molar-refractivity contribution is 5.90. The summed E-state index contributed by atoms with van der Waals surface area (Å²) >= 11 is 0. The van der Waals surface area contributed by atoms with Gasteiger partial charge >= 0.3 is 12.2 Å². The molecule has 0 radical (unpaired) electrons. The van der Waals surface area contributed by atoms with E-state index in [1.807, 2.05) is 6.92 Å². The average molecular weight is 304 g/mol. The summed E-state index contributed by atoms with van der Waals surface area (Å²) in [7, 11) is 0. The van der Waals surface area contributed by atoms with Crippen LogP contribution < -0.4 is 5.32 Å². The molecule has 1 aromatic carbocycles. The summed E-state index contributed by atoms with van der Waals surface area (Å²) in [5.41, 5.74) is 0.151. The number of aliphatic hydroxyl groups is 1. The molecule has 0 heterocycles. The topological polar surface area (TPSA) is 52.6 Å². The number of halogens is 3. The average Bonchev–Trinajstić information content (AvgIpc) is 2.39. The van der Waals surface area contributed by atoms with Crippen molar-refractivity contribution in [2.75, 3.05) is 25.0 Å². The van der Waals surface area contributed by atoms with Crippen molar-refractivity contribution in [2.24, 2.45) is 0 Å². The zero-order valence-electron chi connectivity index (χ0n) is 11.8. The number of aliphatic hydroxyl groups excluding tert-OH is 1. The van der Waals surface area contributed by atoms with E-state index >= 15 is 0 Å². The summed E-state index contributed by atoms with van der Waals surface area (Å²) in [5.74, 6) is 0. The maximum absolute atomic E-state index is 12.5. The Hall–Kier alpha value is -1.76. The molecule has 118 valence electrons. The highest BCUT2D eigenvalue weighted by Gasteiger charge is 2.29. The SMILES string of the molecule is CCCN(CCO)C(=O)Nc1ccccc1CC(F)(F)F. The Balaban J connectivity index is 2.84. The van der Waals surface area contributed by atoms with Crippen molar-refractivity contribution in [3.63, 3.8) is 0 Å². The minimum Gasteiger partial charge on any atom is -0.395 e. The summed E-state index contributed by atoms with van der Waals surface area (Å²) in [6, 6.07) is 5.31. The van der Waals surface area contributed by atoms with Gasteiger partial charge in [0.2, 0.25) is 0 Å². The van der Waals surface area contributed by atoms with Crippen LogP contribution in [0.3, 0.4) is 0 Å². The Kier molecular flexibility index (Phi) is 6.48. The van der Waals surface area contributed by atoms with Crippen molar-refractivity contribution in [1.82, 2.24) is 4.90 Å². The molecular weight excluding hydrogens is 285 g/mol. The summed E-state index contributed by atoms with van der Waals surface area (Å²) < 4.78 is 37.5. The molecule has 0 aliphatic carbocycles. The Bertz CT molecular complexity index is 458. The predicted octanol–water partition coefficient (Wildman–Crippen LogP) is 3.03. The van der Waals surface area contributed by atoms with Gasteiger partial charge in [-0.1, -0.05) is 25.1 Å². The molecular formula is C14H19F3N2O2. The molecule has 4 nitrogen and oxygen atoms in total. The van der Waals surface area contributed by atoms with E-state index in [4.69, 9.17) is 5.11 Å². The maximum atomic E-state index is 12.5. The minimum absolute atomic E-state index is 0.0128. The van der Waals surface area contributed by atoms with Crippen molar-refractivity contribution >= 4 is 11.7 Å². The van der Waals surface area contributed by atoms with Crippen molar-refractivity contribution in [3.8, 4) is 0 Å². The van der Waals surface area contributed by atoms with E-state index in [0.29, 0.717) is 13.0 Å². The number of nitrogens with one attached hydrogen (secondary N) is 1. The first-order valence-electron chi connectivity index (χ1n) is 6.68. The number of hydrogen-bond acceptors (Lipinski definition) is 2. The summed E-state index contributed by atoms with van der Waals surface area (Å²) in [6.45, 7) is 2.24. The molecule has 0 unspecified atom stereocenters. The predicted molar refractivity (Wildman–Crippen MR) is 74.2 cm³/mol. The molecule has 0 saturated carbocycles. The molecule has 2 N–H and O–H groups in total. The van der Waals surface area contributed by atoms with E-state index in [1.165, 1.54) is 23.1 Å². The van der Waals surface area contributed by atoms with Gasteiger partial charge in [-0.15, -0.1) is 0 Å². The molecule has 0 aliphatic heterocycles. The number of carbonyl (C=O) groups is 1. The van der Waals surface area contributed by atoms with Crippen LogP contribution in [0.25, 0.3) is 0 Å². The Morgan fingerprint density at radius 1 is 1.29 bits per heavy atom. The molecule has 0 bridgehead atoms. The molecule has 21 heavy (non-hydrogen) atoms. The van der Waals surface area contributed by atoms with Gasteiger partial charge in [0.25, 0.3) is 0 Å². The molecule has 0 atom stereocenters. The fraction of sp³-hybridized carbons (Fsp3) is 0.500. The van der Waals surface area contributed by atoms with Crippen molar-refractivity contribution in [3.05, 3.63) is 29.8 Å². The number of hydrogen-bond donors (Lipinski definition) is 2. The lowest BCUT2D eigenvalue weighted by Crippen LogP contribution is -2.37. The molecule has 1 aromatic rings. The third-order valence-corrected chi connectivity index (χ3v) is 2.80. The van der Waals surface area contributed by atoms with Gasteiger partial charge in [0, 0.05) is 18.8 Å². The first kappa shape index (κ1) is 17.3. The second-order valence-corrected chi connectivity index (χ2v) is 4.59. The standard InChI is InChI=1S/C14H19F3N2O2/c1-2-7-19(8-9-20)13(21)18-12-6-4-3-5-11(12)10-14(15,16)17/h3-6,20H,2,7-10H2,1H3,(H,18,21). The van der Waals surface area contributed by atoms with E-state index < -0.39 is 18.6 Å². The van der Waals surface area contributed by atoms with Crippen LogP contribution in [0.1, 0.15) is 18.9 Å². The second-order valence-electron chi connectivity index (χ2n) is 4.59. The largest absolute Gasteiger partial charge is 0.395 e. The zero-order chi connectivity index (χ0) is 15.9. The lowest BCUT2D eigenvalue weighted by molar-refractivity contribution is -0.127. The number of alkyl halides is 3. The maximum Gasteiger partial charge on any atom is 0.393 e. The van der Waals surface area contributed by atoms with Crippen molar-refractivity contribution < 1.29 is 23.1 Å². The fourth-order valence-electron chi connectivity index (χ4n) is 1.91. The lowest BCUT2D eigenvalue weighted by Gasteiger charge is -2.22. The van der Waals surface area contributed by atoms with Gasteiger partial charge in [0.1, 0.15) is 0 Å². The number of para-hydroxylation sites is 1. The Morgan fingerprint density at radius 2 is 1.95 bits per heavy atom. The number of nitrogens with zero attached hydrogens (tertiary/aromatic N) is 1. The van der Waals surface area contributed by atoms with Crippen LogP contribution in [0.15, 0.2) is 24.3 Å². The van der Waals surface area contributed by atoms with Gasteiger partial charge in [-0.2, -0.15) is 13.2 Å². The number of carbonyl (C=O) groups excluding carboxylic acids is 1. The molecule has 2 amide bonds. The van der Waals surface area contributed by atoms with E-state index in [-0.39, 0.29) is 24.4 Å². The molecule has 0 saturated heterocycles. The lowest BCUT2D eigenvalue weighted by atomic mass is 10.1. The highest BCUT2D eigenvalue weighted by atomic mass is 19.4. The Morgan fingerprint density at radius 3 is 2.52 bits per heavy atom. The van der Waals surface area contributed by atoms with Gasteiger partial charge in [0.05, 0.1) is 13.0 Å². The number of rotatable bonds is 6. The zero-order valence-corrected chi connectivity index (χ0v) is 11.8. The van der Waals surface area contributed by atoms with Crippen molar-refractivity contribution in [2.45, 2.75) is 25.9 Å². The van der Waals surface area contributed by atoms with E-state index in [2.05, 4.69) is 5.32 Å². The molecule has 1 rings (SSSR count). The van der Waals surface area contributed by atoms with Gasteiger partial charge in [-0.25, -0.2) is 4.79 Å². The van der Waals surface area contributed by atoms with Crippen LogP contribution in [0.2, 0.25) is 0 Å². The molecule has 7 heteroatoms. The van der Waals surface area contributed by atoms with Crippen LogP contribution in [-0.4, -0.2) is 41.9 Å². The third-order valence-electron chi connectivity index (χ3n) is 2.80. The van der Waals surface area contributed by atoms with E-state index in [1.54, 1.807) is 6.07 Å². The second kappa shape index (κ2) is 7.87. The Labute approximate surface area is 121 Å². The van der Waals surface area contributed by atoms with Crippen LogP contribution in [0.4, 0.5) is 23.7 Å². The summed E-state index contributed by atoms with van der Waals surface area (Å²) in [4.78, 5) is 13.4. The van der Waals surface area contributed by atoms with E-state index in [9.17, 15) is 18.0 Å². The smallest absolute Gasteiger partial charge is 0.393 e. The quantitative estimate of drug-likeness (QED) is 0.849. The van der Waals surface area contributed by atoms with Crippen LogP contribution in [0, 0.1) is 0 Å². The summed E-state index contributed by atoms with van der Waals surface area (Å²) in [5, 5.41) is 11.4. The van der Waals surface area contributed by atoms with Crippen LogP contribution >= 0.6 is 0 Å². The molecule has 0 aliphatic rings. The number of benzene rings is 1. The normalized spacial score (nSPS) is 11.3. The van der Waals surface area contributed by atoms with Crippen LogP contribution in [-0.2, 0) is 6.42 Å². The third kappa shape index (κ3) is 6.03. The monoisotopic (exact) mass is 304 g/mol. The molecule has 0 spiro atoms. The number of anilines is 1. The number of amides is 2. The van der Waals surface area contributed by atoms with Gasteiger partial charge in [0.15, 0.2) is 0 Å². The van der Waals surface area contributed by atoms with E-state index in [0.717, 1.165) is 0 Å². The highest BCUT2D eigenvalue weighted by Crippen LogP contribution is 2.26. The molecule has 0 fully saturated rings. The first-order valence-corrected chi connectivity index (χ1v) is 6.68. The van der Waals surface area contributed by atoms with Gasteiger partial charge in [-0.3, -0.25) is 0 Å². The first-order chi connectivity index (χ1) is 9.87. The minimum atomic E-state index is -4.34. The fourth-order valence-corrected chi connectivity index (χ4v) is 1.91. The summed E-state index contributed by atoms with van der Waals surface area (Å²) in [6.07, 6.45) is -4.75. The molecule has 0 aromatic heterocycles. The van der Waals surface area contributed by atoms with Gasteiger partial charge < -0.3 is 15.3 Å². The number of urea groups is 1.